The summed E-state index contributed by atoms with van der Waals surface area (Å²) in [6.07, 6.45) is 1.41. The van der Waals surface area contributed by atoms with Gasteiger partial charge in [-0.25, -0.2) is 13.4 Å². The average molecular weight is 282 g/mol. The van der Waals surface area contributed by atoms with Crippen molar-refractivity contribution in [1.82, 2.24) is 13.9 Å². The van der Waals surface area contributed by atoms with E-state index in [1.165, 1.54) is 15.2 Å². The smallest absolute Gasteiger partial charge is 0.263 e. The van der Waals surface area contributed by atoms with Crippen LogP contribution in [-0.4, -0.2) is 46.9 Å². The highest BCUT2D eigenvalue weighted by molar-refractivity contribution is 7.99. The van der Waals surface area contributed by atoms with E-state index in [4.69, 9.17) is 11.6 Å². The number of sulfonamides is 1. The van der Waals surface area contributed by atoms with Crippen LogP contribution in [0.2, 0.25) is 5.15 Å². The molecule has 8 heteroatoms. The van der Waals surface area contributed by atoms with Crippen LogP contribution in [0.1, 0.15) is 0 Å². The zero-order valence-electron chi connectivity index (χ0n) is 8.76. The summed E-state index contributed by atoms with van der Waals surface area (Å²) in [5.74, 6) is 1.65. The van der Waals surface area contributed by atoms with Gasteiger partial charge in [0.15, 0.2) is 0 Å². The number of aryl methyl sites for hydroxylation is 1. The molecule has 2 heterocycles. The molecule has 16 heavy (non-hydrogen) atoms. The molecule has 1 saturated heterocycles. The summed E-state index contributed by atoms with van der Waals surface area (Å²) in [7, 11) is -1.85. The maximum Gasteiger partial charge on any atom is 0.263 e. The van der Waals surface area contributed by atoms with Crippen molar-refractivity contribution in [2.75, 3.05) is 24.6 Å². The van der Waals surface area contributed by atoms with Gasteiger partial charge in [0, 0.05) is 31.6 Å². The van der Waals surface area contributed by atoms with Crippen LogP contribution in [0.3, 0.4) is 0 Å². The average Bonchev–Trinajstić information content (AvgIpc) is 2.61. The number of hydrogen-bond donors (Lipinski definition) is 0. The molecule has 0 aromatic carbocycles. The maximum atomic E-state index is 12.2. The van der Waals surface area contributed by atoms with Crippen molar-refractivity contribution in [3.63, 3.8) is 0 Å². The van der Waals surface area contributed by atoms with Gasteiger partial charge in [0.2, 0.25) is 5.03 Å². The van der Waals surface area contributed by atoms with E-state index in [1.54, 1.807) is 18.8 Å². The van der Waals surface area contributed by atoms with Crippen molar-refractivity contribution in [2.45, 2.75) is 5.03 Å². The highest BCUT2D eigenvalue weighted by Gasteiger charge is 2.30. The first-order chi connectivity index (χ1) is 7.53. The molecule has 0 bridgehead atoms. The Morgan fingerprint density at radius 2 is 2.06 bits per heavy atom. The van der Waals surface area contributed by atoms with Crippen molar-refractivity contribution in [2.24, 2.45) is 7.05 Å². The van der Waals surface area contributed by atoms with E-state index in [0.717, 1.165) is 11.5 Å². The standard InChI is InChI=1S/C8H12ClN3O2S2/c1-11-6-10-8(7(11)9)16(13,14)12-2-4-15-5-3-12/h6H,2-5H2,1H3. The molecule has 1 aromatic heterocycles. The topological polar surface area (TPSA) is 55.2 Å². The lowest BCUT2D eigenvalue weighted by Gasteiger charge is -2.24. The molecule has 1 fully saturated rings. The van der Waals surface area contributed by atoms with Gasteiger partial charge in [0.05, 0.1) is 6.33 Å². The fraction of sp³-hybridized carbons (Fsp3) is 0.625. The SMILES string of the molecule is Cn1cnc(S(=O)(=O)N2CCSCC2)c1Cl. The molecule has 0 unspecified atom stereocenters. The Morgan fingerprint density at radius 1 is 1.44 bits per heavy atom. The Morgan fingerprint density at radius 3 is 2.56 bits per heavy atom. The third-order valence-electron chi connectivity index (χ3n) is 2.39. The van der Waals surface area contributed by atoms with E-state index in [9.17, 15) is 8.42 Å². The molecular weight excluding hydrogens is 270 g/mol. The van der Waals surface area contributed by atoms with E-state index >= 15 is 0 Å². The quantitative estimate of drug-likeness (QED) is 0.805. The Hall–Kier alpha value is -0.240. The molecule has 0 atom stereocenters. The zero-order valence-corrected chi connectivity index (χ0v) is 11.1. The molecule has 0 radical (unpaired) electrons. The predicted octanol–water partition coefficient (Wildman–Crippen LogP) is 0.811. The zero-order chi connectivity index (χ0) is 11.8. The van der Waals surface area contributed by atoms with Crippen LogP contribution in [-0.2, 0) is 17.1 Å². The largest absolute Gasteiger partial charge is 0.324 e. The fourth-order valence-electron chi connectivity index (χ4n) is 1.48. The third-order valence-corrected chi connectivity index (χ3v) is 5.72. The van der Waals surface area contributed by atoms with Gasteiger partial charge in [0.25, 0.3) is 10.0 Å². The van der Waals surface area contributed by atoms with E-state index in [-0.39, 0.29) is 10.2 Å². The number of thioether (sulfide) groups is 1. The fourth-order valence-corrected chi connectivity index (χ4v) is 4.44. The summed E-state index contributed by atoms with van der Waals surface area (Å²) >= 11 is 7.66. The second kappa shape index (κ2) is 4.56. The van der Waals surface area contributed by atoms with Gasteiger partial charge in [-0.3, -0.25) is 0 Å². The Labute approximate surface area is 104 Å². The summed E-state index contributed by atoms with van der Waals surface area (Å²) in [6, 6.07) is 0. The molecule has 0 saturated carbocycles. The Bertz CT molecular complexity index is 479. The minimum absolute atomic E-state index is 0.0384. The van der Waals surface area contributed by atoms with Crippen LogP contribution < -0.4 is 0 Å². The second-order valence-electron chi connectivity index (χ2n) is 3.47. The van der Waals surface area contributed by atoms with Gasteiger partial charge >= 0.3 is 0 Å². The number of imidazole rings is 1. The van der Waals surface area contributed by atoms with Crippen molar-refractivity contribution < 1.29 is 8.42 Å². The lowest BCUT2D eigenvalue weighted by molar-refractivity contribution is 0.441. The minimum atomic E-state index is -3.52. The lowest BCUT2D eigenvalue weighted by Crippen LogP contribution is -2.38. The summed E-state index contributed by atoms with van der Waals surface area (Å²) in [5, 5.41) is 0.127. The molecule has 1 aliphatic rings. The number of halogens is 1. The molecule has 5 nitrogen and oxygen atoms in total. The van der Waals surface area contributed by atoms with Gasteiger partial charge in [-0.2, -0.15) is 16.1 Å². The minimum Gasteiger partial charge on any atom is -0.324 e. The molecule has 0 N–H and O–H groups in total. The molecule has 2 rings (SSSR count). The van der Waals surface area contributed by atoms with Crippen LogP contribution in [0.4, 0.5) is 0 Å². The number of rotatable bonds is 2. The molecular formula is C8H12ClN3O2S2. The number of nitrogens with zero attached hydrogens (tertiary/aromatic N) is 3. The molecule has 90 valence electrons. The first-order valence-corrected chi connectivity index (χ1v) is 7.75. The highest BCUT2D eigenvalue weighted by Crippen LogP contribution is 2.24. The van der Waals surface area contributed by atoms with Crippen molar-refractivity contribution >= 4 is 33.4 Å². The summed E-state index contributed by atoms with van der Waals surface area (Å²) < 4.78 is 27.3. The summed E-state index contributed by atoms with van der Waals surface area (Å²) in [4.78, 5) is 3.86. The second-order valence-corrected chi connectivity index (χ2v) is 6.90. The van der Waals surface area contributed by atoms with E-state index in [1.807, 2.05) is 0 Å². The van der Waals surface area contributed by atoms with Gasteiger partial charge in [0.1, 0.15) is 5.15 Å². The first kappa shape index (κ1) is 12.2. The number of hydrogen-bond acceptors (Lipinski definition) is 4. The van der Waals surface area contributed by atoms with Crippen LogP contribution in [0.25, 0.3) is 0 Å². The third kappa shape index (κ3) is 2.09. The first-order valence-electron chi connectivity index (χ1n) is 4.78. The van der Waals surface area contributed by atoms with E-state index in [2.05, 4.69) is 4.98 Å². The van der Waals surface area contributed by atoms with Gasteiger partial charge < -0.3 is 4.57 Å². The van der Waals surface area contributed by atoms with Crippen LogP contribution in [0, 0.1) is 0 Å². The molecule has 0 amide bonds. The maximum absolute atomic E-state index is 12.2. The lowest BCUT2D eigenvalue weighted by atomic mass is 10.6. The monoisotopic (exact) mass is 281 g/mol. The predicted molar refractivity (Wildman–Crippen MR) is 64.3 cm³/mol. The van der Waals surface area contributed by atoms with E-state index in [0.29, 0.717) is 13.1 Å². The van der Waals surface area contributed by atoms with Crippen LogP contribution in [0.15, 0.2) is 11.4 Å². The van der Waals surface area contributed by atoms with Crippen LogP contribution >= 0.6 is 23.4 Å². The van der Waals surface area contributed by atoms with Crippen LogP contribution in [0.5, 0.6) is 0 Å². The van der Waals surface area contributed by atoms with E-state index < -0.39 is 10.0 Å². The van der Waals surface area contributed by atoms with Crippen molar-refractivity contribution in [1.29, 1.82) is 0 Å². The van der Waals surface area contributed by atoms with Crippen molar-refractivity contribution in [3.8, 4) is 0 Å². The van der Waals surface area contributed by atoms with Crippen molar-refractivity contribution in [3.05, 3.63) is 11.5 Å². The summed E-state index contributed by atoms with van der Waals surface area (Å²) in [6.45, 7) is 1.06. The number of aromatic nitrogens is 2. The summed E-state index contributed by atoms with van der Waals surface area (Å²) in [5.41, 5.74) is 0. The Kier molecular flexibility index (Phi) is 3.48. The van der Waals surface area contributed by atoms with Gasteiger partial charge in [-0.15, -0.1) is 0 Å². The molecule has 0 aliphatic carbocycles. The highest BCUT2D eigenvalue weighted by atomic mass is 35.5. The Balaban J connectivity index is 2.34. The molecule has 1 aliphatic heterocycles. The molecule has 1 aromatic rings. The normalized spacial score (nSPS) is 18.9. The molecule has 0 spiro atoms. The van der Waals surface area contributed by atoms with Gasteiger partial charge in [-0.1, -0.05) is 11.6 Å². The van der Waals surface area contributed by atoms with Gasteiger partial charge in [-0.05, 0) is 0 Å².